The monoisotopic (exact) mass is 576 g/mol. The molecule has 4 aromatic rings. The van der Waals surface area contributed by atoms with Crippen LogP contribution in [0.3, 0.4) is 0 Å². The van der Waals surface area contributed by atoms with Crippen molar-refractivity contribution in [3.8, 4) is 11.5 Å². The van der Waals surface area contributed by atoms with E-state index in [1.165, 1.54) is 12.0 Å². The van der Waals surface area contributed by atoms with Gasteiger partial charge in [0.05, 0.1) is 37.6 Å². The highest BCUT2D eigenvalue weighted by atomic mass is 32.1. The highest BCUT2D eigenvalue weighted by Gasteiger charge is 2.47. The molecule has 1 amide bonds. The molecule has 0 saturated heterocycles. The predicted molar refractivity (Wildman–Crippen MR) is 152 cm³/mol. The molecule has 11 heteroatoms. The number of aryl methyl sites for hydroxylation is 1. The van der Waals surface area contributed by atoms with Gasteiger partial charge in [0.15, 0.2) is 28.0 Å². The third-order valence-electron chi connectivity index (χ3n) is 6.53. The number of esters is 1. The van der Waals surface area contributed by atoms with Gasteiger partial charge >= 0.3 is 5.97 Å². The second-order valence-corrected chi connectivity index (χ2v) is 10.2. The van der Waals surface area contributed by atoms with Crippen LogP contribution in [0.5, 0.6) is 11.5 Å². The number of benzene rings is 2. The molecule has 1 N–H and O–H groups in total. The Morgan fingerprint density at radius 3 is 2.59 bits per heavy atom. The van der Waals surface area contributed by atoms with E-state index in [1.807, 2.05) is 6.92 Å². The normalized spacial score (nSPS) is 15.1. The Morgan fingerprint density at radius 1 is 1.15 bits per heavy atom. The molecule has 1 unspecified atom stereocenters. The van der Waals surface area contributed by atoms with E-state index in [-0.39, 0.29) is 27.9 Å². The number of fused-ring (bicyclic) bond motifs is 1. The van der Waals surface area contributed by atoms with Gasteiger partial charge in [0.25, 0.3) is 5.91 Å². The quantitative estimate of drug-likeness (QED) is 0.180. The Kier molecular flexibility index (Phi) is 7.80. The molecule has 1 aliphatic rings. The number of anilines is 1. The summed E-state index contributed by atoms with van der Waals surface area (Å²) in [5.74, 6) is -1.83. The summed E-state index contributed by atoms with van der Waals surface area (Å²) >= 11 is 0.947. The van der Waals surface area contributed by atoms with Crippen LogP contribution in [0.2, 0.25) is 0 Å². The molecular formula is C30H28N2O8S. The zero-order valence-electron chi connectivity index (χ0n) is 22.9. The lowest BCUT2D eigenvalue weighted by atomic mass is 9.95. The molecule has 2 aromatic heterocycles. The first-order chi connectivity index (χ1) is 19.8. The summed E-state index contributed by atoms with van der Waals surface area (Å²) in [6.07, 6.45) is 0.830. The second-order valence-electron chi connectivity index (χ2n) is 9.21. The van der Waals surface area contributed by atoms with Crippen molar-refractivity contribution in [1.82, 2.24) is 4.98 Å². The number of hydrogen-bond acceptors (Lipinski definition) is 10. The summed E-state index contributed by atoms with van der Waals surface area (Å²) in [4.78, 5) is 45.9. The first-order valence-corrected chi connectivity index (χ1v) is 13.9. The fourth-order valence-corrected chi connectivity index (χ4v) is 5.62. The van der Waals surface area contributed by atoms with Crippen molar-refractivity contribution in [2.45, 2.75) is 33.2 Å². The highest BCUT2D eigenvalue weighted by Crippen LogP contribution is 2.44. The lowest BCUT2D eigenvalue weighted by Gasteiger charge is -2.24. The zero-order chi connectivity index (χ0) is 29.3. The summed E-state index contributed by atoms with van der Waals surface area (Å²) in [6, 6.07) is 12.6. The van der Waals surface area contributed by atoms with Crippen LogP contribution in [0.25, 0.3) is 11.0 Å². The van der Waals surface area contributed by atoms with E-state index in [0.717, 1.165) is 17.8 Å². The third-order valence-corrected chi connectivity index (χ3v) is 7.66. The smallest absolute Gasteiger partial charge is 0.350 e. The predicted octanol–water partition coefficient (Wildman–Crippen LogP) is 5.95. The number of furan rings is 1. The van der Waals surface area contributed by atoms with E-state index in [9.17, 15) is 19.5 Å². The number of aromatic nitrogens is 1. The van der Waals surface area contributed by atoms with E-state index < -0.39 is 29.5 Å². The molecule has 0 spiro atoms. The highest BCUT2D eigenvalue weighted by molar-refractivity contribution is 7.17. The maximum absolute atomic E-state index is 14.0. The van der Waals surface area contributed by atoms with Crippen molar-refractivity contribution >= 4 is 45.1 Å². The van der Waals surface area contributed by atoms with Gasteiger partial charge in [0, 0.05) is 5.39 Å². The Balaban J connectivity index is 1.61. The molecule has 41 heavy (non-hydrogen) atoms. The van der Waals surface area contributed by atoms with E-state index >= 15 is 0 Å². The lowest BCUT2D eigenvalue weighted by molar-refractivity contribution is -0.117. The largest absolute Gasteiger partial charge is 0.503 e. The fourth-order valence-electron chi connectivity index (χ4n) is 4.63. The number of carbonyl (C=O) groups is 3. The van der Waals surface area contributed by atoms with Gasteiger partial charge in [-0.05, 0) is 50.1 Å². The number of nitrogens with zero attached hydrogens (tertiary/aromatic N) is 2. The Labute approximate surface area is 239 Å². The zero-order valence-corrected chi connectivity index (χ0v) is 23.7. The number of aliphatic hydroxyl groups is 1. The number of ketones is 1. The fraction of sp³-hybridized carbons (Fsp3) is 0.267. The van der Waals surface area contributed by atoms with Crippen LogP contribution in [0.15, 0.2) is 64.3 Å². The van der Waals surface area contributed by atoms with E-state index in [2.05, 4.69) is 4.98 Å². The molecular weight excluding hydrogens is 548 g/mol. The van der Waals surface area contributed by atoms with Crippen LogP contribution in [-0.4, -0.2) is 48.1 Å². The second kappa shape index (κ2) is 11.5. The van der Waals surface area contributed by atoms with Gasteiger partial charge in [-0.3, -0.25) is 14.5 Å². The van der Waals surface area contributed by atoms with Crippen LogP contribution >= 0.6 is 11.3 Å². The van der Waals surface area contributed by atoms with Crippen LogP contribution in [0.1, 0.15) is 57.8 Å². The third kappa shape index (κ3) is 5.04. The van der Waals surface area contributed by atoms with Crippen molar-refractivity contribution in [1.29, 1.82) is 0 Å². The van der Waals surface area contributed by atoms with E-state index in [4.69, 9.17) is 18.6 Å². The lowest BCUT2D eigenvalue weighted by Crippen LogP contribution is -2.31. The number of ether oxygens (including phenoxy) is 3. The van der Waals surface area contributed by atoms with Gasteiger partial charge in [-0.1, -0.05) is 42.5 Å². The molecule has 3 heterocycles. The summed E-state index contributed by atoms with van der Waals surface area (Å²) in [5, 5.41) is 11.9. The molecule has 212 valence electrons. The van der Waals surface area contributed by atoms with E-state index in [1.54, 1.807) is 62.4 Å². The standard InChI is InChI=1S/C30H28N2O8S/c1-5-14-39-19-12-10-17(11-13-19)23-22(24(33)21-15-18-8-7-9-20(37-4)26(18)40-21)25(34)28(35)32(23)30-31-16(3)27(41-30)29(36)38-6-2/h7-13,15,23,34H,5-6,14H2,1-4H3. The molecule has 0 radical (unpaired) electrons. The van der Waals surface area contributed by atoms with Gasteiger partial charge in [0.2, 0.25) is 5.78 Å². The number of rotatable bonds is 10. The topological polar surface area (TPSA) is 128 Å². The van der Waals surface area contributed by atoms with Crippen LogP contribution in [0.4, 0.5) is 5.13 Å². The van der Waals surface area contributed by atoms with Gasteiger partial charge < -0.3 is 23.7 Å². The van der Waals surface area contributed by atoms with Crippen molar-refractivity contribution in [3.05, 3.63) is 81.8 Å². The Morgan fingerprint density at radius 2 is 1.90 bits per heavy atom. The first kappa shape index (κ1) is 27.9. The maximum atomic E-state index is 14.0. The van der Waals surface area contributed by atoms with Crippen LogP contribution in [-0.2, 0) is 9.53 Å². The molecule has 1 aliphatic heterocycles. The summed E-state index contributed by atoms with van der Waals surface area (Å²) in [6.45, 7) is 6.02. The van der Waals surface area contributed by atoms with Crippen molar-refractivity contribution < 1.29 is 38.1 Å². The average Bonchev–Trinajstić information content (AvgIpc) is 3.65. The number of para-hydroxylation sites is 1. The molecule has 0 bridgehead atoms. The molecule has 0 aliphatic carbocycles. The summed E-state index contributed by atoms with van der Waals surface area (Å²) < 4.78 is 22.1. The number of amides is 1. The molecule has 0 saturated carbocycles. The minimum atomic E-state index is -1.06. The number of hydrogen-bond donors (Lipinski definition) is 1. The van der Waals surface area contributed by atoms with E-state index in [0.29, 0.717) is 40.3 Å². The van der Waals surface area contributed by atoms with Gasteiger partial charge in [-0.25, -0.2) is 9.78 Å². The van der Waals surface area contributed by atoms with Crippen molar-refractivity contribution in [2.75, 3.05) is 25.2 Å². The van der Waals surface area contributed by atoms with Crippen molar-refractivity contribution in [2.24, 2.45) is 0 Å². The number of methoxy groups -OCH3 is 1. The molecule has 0 fully saturated rings. The summed E-state index contributed by atoms with van der Waals surface area (Å²) in [5.41, 5.74) is 1.07. The number of carbonyl (C=O) groups excluding carboxylic acids is 3. The molecule has 1 atom stereocenters. The number of Topliss-reactive ketones (excluding diaryl/α,β-unsaturated/α-hetero) is 1. The maximum Gasteiger partial charge on any atom is 0.350 e. The van der Waals surface area contributed by atoms with Crippen LogP contribution in [0, 0.1) is 6.92 Å². The number of aliphatic hydroxyl groups excluding tert-OH is 1. The SMILES string of the molecule is CCCOc1ccc(C2C(C(=O)c3cc4cccc(OC)c4o3)=C(O)C(=O)N2c2nc(C)c(C(=O)OCC)s2)cc1. The Hall–Kier alpha value is -4.64. The van der Waals surface area contributed by atoms with Crippen molar-refractivity contribution in [3.63, 3.8) is 0 Å². The minimum Gasteiger partial charge on any atom is -0.503 e. The van der Waals surface area contributed by atoms with Crippen LogP contribution < -0.4 is 14.4 Å². The molecule has 10 nitrogen and oxygen atoms in total. The minimum absolute atomic E-state index is 0.0730. The summed E-state index contributed by atoms with van der Waals surface area (Å²) in [7, 11) is 1.49. The Bertz CT molecular complexity index is 1670. The van der Waals surface area contributed by atoms with Gasteiger partial charge in [-0.15, -0.1) is 0 Å². The molecule has 2 aromatic carbocycles. The molecule has 5 rings (SSSR count). The average molecular weight is 577 g/mol. The van der Waals surface area contributed by atoms with Gasteiger partial charge in [0.1, 0.15) is 10.6 Å². The van der Waals surface area contributed by atoms with Gasteiger partial charge in [-0.2, -0.15) is 0 Å². The first-order valence-electron chi connectivity index (χ1n) is 13.0. The number of thiazole rings is 1.